The van der Waals surface area contributed by atoms with Crippen LogP contribution in [0.4, 0.5) is 5.69 Å². The minimum absolute atomic E-state index is 0.249. The third kappa shape index (κ3) is 2.75. The number of H-pyrrole nitrogens is 2. The van der Waals surface area contributed by atoms with E-state index in [4.69, 9.17) is 4.74 Å². The Morgan fingerprint density at radius 3 is 2.64 bits per heavy atom. The summed E-state index contributed by atoms with van der Waals surface area (Å²) in [7, 11) is 1.56. The fourth-order valence-electron chi connectivity index (χ4n) is 2.12. The van der Waals surface area contributed by atoms with Crippen LogP contribution in [0.3, 0.4) is 0 Å². The highest BCUT2D eigenvalue weighted by atomic mass is 79.9. The van der Waals surface area contributed by atoms with Gasteiger partial charge >= 0.3 is 5.69 Å². The maximum absolute atomic E-state index is 12.3. The van der Waals surface area contributed by atoms with Crippen LogP contribution in [0.25, 0.3) is 11.0 Å². The molecule has 0 radical (unpaired) electrons. The minimum Gasteiger partial charge on any atom is -0.496 e. The van der Waals surface area contributed by atoms with Gasteiger partial charge in [0.2, 0.25) is 0 Å². The van der Waals surface area contributed by atoms with E-state index < -0.39 is 0 Å². The van der Waals surface area contributed by atoms with E-state index in [9.17, 15) is 9.59 Å². The van der Waals surface area contributed by atoms with E-state index in [1.165, 1.54) is 0 Å². The zero-order chi connectivity index (χ0) is 15.7. The van der Waals surface area contributed by atoms with Crippen molar-refractivity contribution in [2.45, 2.75) is 0 Å². The van der Waals surface area contributed by atoms with Crippen LogP contribution in [0.5, 0.6) is 5.75 Å². The number of benzene rings is 2. The number of fused-ring (bicyclic) bond motifs is 1. The number of amides is 1. The first-order valence-electron chi connectivity index (χ1n) is 6.44. The molecule has 3 N–H and O–H groups in total. The summed E-state index contributed by atoms with van der Waals surface area (Å²) in [6, 6.07) is 10.2. The summed E-state index contributed by atoms with van der Waals surface area (Å²) in [6.45, 7) is 0. The summed E-state index contributed by atoms with van der Waals surface area (Å²) in [5.41, 5.74) is 2.14. The van der Waals surface area contributed by atoms with Crippen molar-refractivity contribution in [3.05, 3.63) is 56.9 Å². The van der Waals surface area contributed by atoms with Crippen molar-refractivity contribution in [1.82, 2.24) is 9.97 Å². The fourth-order valence-corrected chi connectivity index (χ4v) is 2.66. The summed E-state index contributed by atoms with van der Waals surface area (Å²) in [5.74, 6) is 0.406. The molecule has 0 atom stereocenters. The lowest BCUT2D eigenvalue weighted by Crippen LogP contribution is -2.11. The first-order chi connectivity index (χ1) is 10.6. The summed E-state index contributed by atoms with van der Waals surface area (Å²) >= 11 is 3.35. The van der Waals surface area contributed by atoms with Crippen molar-refractivity contribution in [3.8, 4) is 5.75 Å². The molecule has 6 nitrogen and oxygen atoms in total. The quantitative estimate of drug-likeness (QED) is 0.670. The van der Waals surface area contributed by atoms with Crippen molar-refractivity contribution in [1.29, 1.82) is 0 Å². The molecule has 1 amide bonds. The Morgan fingerprint density at radius 1 is 1.14 bits per heavy atom. The van der Waals surface area contributed by atoms with Gasteiger partial charge in [0.1, 0.15) is 5.75 Å². The Kier molecular flexibility index (Phi) is 3.72. The topological polar surface area (TPSA) is 87.0 Å². The lowest BCUT2D eigenvalue weighted by Gasteiger charge is -2.08. The van der Waals surface area contributed by atoms with Gasteiger partial charge in [0.05, 0.1) is 22.6 Å². The predicted molar refractivity (Wildman–Crippen MR) is 87.6 cm³/mol. The highest BCUT2D eigenvalue weighted by Gasteiger charge is 2.10. The molecular formula is C15H12BrN3O3. The summed E-state index contributed by atoms with van der Waals surface area (Å²) in [5, 5.41) is 2.79. The standard InChI is InChI=1S/C15H12BrN3O3/c1-22-13-5-2-8(6-10(13)16)14(20)17-9-3-4-11-12(7-9)19-15(21)18-11/h2-7H,1H3,(H,17,20)(H2,18,19,21). The highest BCUT2D eigenvalue weighted by molar-refractivity contribution is 9.10. The number of halogens is 1. The molecule has 0 spiro atoms. The lowest BCUT2D eigenvalue weighted by atomic mass is 10.2. The maximum Gasteiger partial charge on any atom is 0.323 e. The van der Waals surface area contributed by atoms with Crippen LogP contribution >= 0.6 is 15.9 Å². The van der Waals surface area contributed by atoms with E-state index >= 15 is 0 Å². The molecule has 1 aromatic heterocycles. The van der Waals surface area contributed by atoms with Gasteiger partial charge < -0.3 is 20.0 Å². The lowest BCUT2D eigenvalue weighted by molar-refractivity contribution is 0.102. The molecule has 0 bridgehead atoms. The number of hydrogen-bond donors (Lipinski definition) is 3. The molecule has 2 aromatic carbocycles. The number of carbonyl (C=O) groups is 1. The average molecular weight is 362 g/mol. The van der Waals surface area contributed by atoms with Crippen LogP contribution in [0.15, 0.2) is 45.7 Å². The molecule has 3 rings (SSSR count). The molecule has 0 saturated heterocycles. The SMILES string of the molecule is COc1ccc(C(=O)Nc2ccc3[nH]c(=O)[nH]c3c2)cc1Br. The Hall–Kier alpha value is -2.54. The van der Waals surface area contributed by atoms with E-state index in [0.717, 1.165) is 0 Å². The zero-order valence-electron chi connectivity index (χ0n) is 11.6. The number of imidazole rings is 1. The van der Waals surface area contributed by atoms with Crippen LogP contribution in [0.2, 0.25) is 0 Å². The number of aromatic nitrogens is 2. The van der Waals surface area contributed by atoms with Crippen molar-refractivity contribution in [3.63, 3.8) is 0 Å². The van der Waals surface area contributed by atoms with Crippen molar-refractivity contribution in [2.24, 2.45) is 0 Å². The molecule has 0 aliphatic carbocycles. The van der Waals surface area contributed by atoms with Crippen LogP contribution in [0.1, 0.15) is 10.4 Å². The van der Waals surface area contributed by atoms with E-state index in [1.807, 2.05) is 0 Å². The molecular weight excluding hydrogens is 350 g/mol. The Morgan fingerprint density at radius 2 is 1.91 bits per heavy atom. The third-order valence-electron chi connectivity index (χ3n) is 3.19. The van der Waals surface area contributed by atoms with Gasteiger partial charge in [0.25, 0.3) is 5.91 Å². The molecule has 0 unspecified atom stereocenters. The second-order valence-corrected chi connectivity index (χ2v) is 5.50. The van der Waals surface area contributed by atoms with Crippen LogP contribution in [-0.2, 0) is 0 Å². The molecule has 22 heavy (non-hydrogen) atoms. The molecule has 0 saturated carbocycles. The molecule has 0 aliphatic rings. The van der Waals surface area contributed by atoms with Crippen LogP contribution in [-0.4, -0.2) is 23.0 Å². The summed E-state index contributed by atoms with van der Waals surface area (Å²) in [4.78, 5) is 28.8. The van der Waals surface area contributed by atoms with Gasteiger partial charge in [-0.15, -0.1) is 0 Å². The number of ether oxygens (including phenoxy) is 1. The first-order valence-corrected chi connectivity index (χ1v) is 7.23. The Bertz CT molecular complexity index is 914. The van der Waals surface area contributed by atoms with Crippen molar-refractivity contribution >= 4 is 38.6 Å². The van der Waals surface area contributed by atoms with E-state index in [1.54, 1.807) is 43.5 Å². The molecule has 1 heterocycles. The normalized spacial score (nSPS) is 10.6. The number of aromatic amines is 2. The second-order valence-electron chi connectivity index (χ2n) is 4.64. The zero-order valence-corrected chi connectivity index (χ0v) is 13.2. The van der Waals surface area contributed by atoms with Gasteiger partial charge in [0, 0.05) is 11.3 Å². The monoisotopic (exact) mass is 361 g/mol. The highest BCUT2D eigenvalue weighted by Crippen LogP contribution is 2.26. The number of anilines is 1. The molecule has 0 aliphatic heterocycles. The van der Waals surface area contributed by atoms with Gasteiger partial charge in [-0.25, -0.2) is 4.79 Å². The van der Waals surface area contributed by atoms with E-state index in [2.05, 4.69) is 31.2 Å². The summed E-state index contributed by atoms with van der Waals surface area (Å²) < 4.78 is 5.83. The number of nitrogens with one attached hydrogen (secondary N) is 3. The Balaban J connectivity index is 1.85. The number of hydrogen-bond acceptors (Lipinski definition) is 3. The first kappa shape index (κ1) is 14.4. The van der Waals surface area contributed by atoms with Gasteiger partial charge in [-0.05, 0) is 52.3 Å². The molecule has 7 heteroatoms. The minimum atomic E-state index is -0.280. The van der Waals surface area contributed by atoms with Gasteiger partial charge in [-0.3, -0.25) is 4.79 Å². The van der Waals surface area contributed by atoms with E-state index in [-0.39, 0.29) is 11.6 Å². The molecule has 3 aromatic rings. The van der Waals surface area contributed by atoms with Crippen LogP contribution in [0, 0.1) is 0 Å². The number of carbonyl (C=O) groups excluding carboxylic acids is 1. The van der Waals surface area contributed by atoms with Gasteiger partial charge in [0.15, 0.2) is 0 Å². The summed E-state index contributed by atoms with van der Waals surface area (Å²) in [6.07, 6.45) is 0. The van der Waals surface area contributed by atoms with Crippen LogP contribution < -0.4 is 15.7 Å². The fraction of sp³-hybridized carbons (Fsp3) is 0.0667. The largest absolute Gasteiger partial charge is 0.496 e. The van der Waals surface area contributed by atoms with Crippen molar-refractivity contribution in [2.75, 3.05) is 12.4 Å². The van der Waals surface area contributed by atoms with Gasteiger partial charge in [-0.2, -0.15) is 0 Å². The smallest absolute Gasteiger partial charge is 0.323 e. The second kappa shape index (κ2) is 5.69. The van der Waals surface area contributed by atoms with E-state index in [0.29, 0.717) is 32.5 Å². The number of methoxy groups -OCH3 is 1. The molecule has 0 fully saturated rings. The molecule has 112 valence electrons. The average Bonchev–Trinajstić information content (AvgIpc) is 2.86. The van der Waals surface area contributed by atoms with Crippen molar-refractivity contribution < 1.29 is 9.53 Å². The third-order valence-corrected chi connectivity index (χ3v) is 3.81. The Labute approximate surface area is 133 Å². The predicted octanol–water partition coefficient (Wildman–Crippen LogP) is 2.88. The maximum atomic E-state index is 12.3. The number of rotatable bonds is 3. The van der Waals surface area contributed by atoms with Gasteiger partial charge in [-0.1, -0.05) is 0 Å².